The summed E-state index contributed by atoms with van der Waals surface area (Å²) >= 11 is 0. The maximum atomic E-state index is 6.78. The SMILES string of the molecule is CC(C)(C)c1cc(Oc2[c-]c3c4c(c2)c2ccccc2n4-c2cc(-c4ccccc4C(C)(C)C)ccc2C2=CC=NB23)[c-]c(-c2ccccn2)c1.[Pt+2]. The van der Waals surface area contributed by atoms with E-state index in [-0.39, 0.29) is 38.7 Å². The Balaban J connectivity index is 0.00000387. The minimum atomic E-state index is -0.206. The Morgan fingerprint density at radius 2 is 1.48 bits per heavy atom. The quantitative estimate of drug-likeness (QED) is 0.131. The van der Waals surface area contributed by atoms with Crippen LogP contribution in [0.1, 0.15) is 58.2 Å². The number of para-hydroxylation sites is 1. The molecule has 0 bridgehead atoms. The number of aromatic nitrogens is 2. The van der Waals surface area contributed by atoms with E-state index in [1.807, 2.05) is 30.6 Å². The second-order valence-electron chi connectivity index (χ2n) is 15.7. The largest absolute Gasteiger partial charge is 2.00 e. The zero-order valence-electron chi connectivity index (χ0n) is 30.2. The van der Waals surface area contributed by atoms with Gasteiger partial charge in [-0.05, 0) is 73.9 Å². The van der Waals surface area contributed by atoms with Crippen LogP contribution in [0.15, 0.2) is 120 Å². The third-order valence-electron chi connectivity index (χ3n) is 10.2. The third-order valence-corrected chi connectivity index (χ3v) is 10.2. The summed E-state index contributed by atoms with van der Waals surface area (Å²) in [6.07, 6.45) is 5.92. The van der Waals surface area contributed by atoms with E-state index in [1.54, 1.807) is 0 Å². The summed E-state index contributed by atoms with van der Waals surface area (Å²) in [5.41, 5.74) is 13.4. The first-order chi connectivity index (χ1) is 24.5. The summed E-state index contributed by atoms with van der Waals surface area (Å²) in [4.78, 5) is 9.67. The Labute approximate surface area is 320 Å². The van der Waals surface area contributed by atoms with E-state index in [2.05, 4.69) is 154 Å². The molecule has 0 aliphatic carbocycles. The molecule has 52 heavy (non-hydrogen) atoms. The van der Waals surface area contributed by atoms with Gasteiger partial charge in [0.1, 0.15) is 0 Å². The van der Waals surface area contributed by atoms with Crippen molar-refractivity contribution < 1.29 is 25.8 Å². The predicted octanol–water partition coefficient (Wildman–Crippen LogP) is 10.7. The van der Waals surface area contributed by atoms with E-state index in [0.717, 1.165) is 49.8 Å². The van der Waals surface area contributed by atoms with Crippen molar-refractivity contribution in [1.29, 1.82) is 0 Å². The van der Waals surface area contributed by atoms with Crippen LogP contribution in [-0.4, -0.2) is 22.6 Å². The zero-order valence-corrected chi connectivity index (χ0v) is 32.5. The molecule has 2 aliphatic heterocycles. The number of hydrogen-bond donors (Lipinski definition) is 0. The second kappa shape index (κ2) is 12.6. The number of rotatable bonds is 4. The van der Waals surface area contributed by atoms with Crippen LogP contribution in [0, 0.1) is 12.1 Å². The molecule has 4 nitrogen and oxygen atoms in total. The van der Waals surface area contributed by atoms with Gasteiger partial charge < -0.3 is 19.2 Å². The van der Waals surface area contributed by atoms with E-state index >= 15 is 0 Å². The number of hydrogen-bond acceptors (Lipinski definition) is 3. The molecule has 0 fully saturated rings. The van der Waals surface area contributed by atoms with E-state index in [9.17, 15) is 0 Å². The molecule has 9 rings (SSSR count). The van der Waals surface area contributed by atoms with Gasteiger partial charge in [0.15, 0.2) is 0 Å². The van der Waals surface area contributed by atoms with Crippen molar-refractivity contribution in [3.63, 3.8) is 0 Å². The summed E-state index contributed by atoms with van der Waals surface area (Å²) < 4.78 is 9.21. The Kier molecular flexibility index (Phi) is 8.27. The van der Waals surface area contributed by atoms with Gasteiger partial charge in [-0.15, -0.1) is 34.8 Å². The van der Waals surface area contributed by atoms with Crippen LogP contribution >= 0.6 is 0 Å². The average Bonchev–Trinajstić information content (AvgIpc) is 3.71. The Morgan fingerprint density at radius 3 is 2.27 bits per heavy atom. The van der Waals surface area contributed by atoms with E-state index in [0.29, 0.717) is 11.5 Å². The standard InChI is InChI=1S/C46H38BN3O.Pt/c1-45(2,3)31-23-30(41-16-11-12-21-48-41)24-32(26-31)51-33-27-37-35-14-8-10-17-42(35)50-43-25-29(34-13-7-9-15-38(34)46(4,5)6)18-19-36(43)39-20-22-49-47(39)40(28-33)44(37)50;/h7-23,25-27H,1-6H3;/q-2;+2. The molecule has 7 aromatic rings. The van der Waals surface area contributed by atoms with Crippen molar-refractivity contribution in [3.8, 4) is 39.6 Å². The van der Waals surface area contributed by atoms with Gasteiger partial charge in [-0.3, -0.25) is 0 Å². The van der Waals surface area contributed by atoms with Gasteiger partial charge in [0.2, 0.25) is 0 Å². The van der Waals surface area contributed by atoms with Crippen molar-refractivity contribution in [2.75, 3.05) is 0 Å². The summed E-state index contributed by atoms with van der Waals surface area (Å²) in [5, 5.41) is 2.27. The van der Waals surface area contributed by atoms with Gasteiger partial charge in [0.05, 0.1) is 0 Å². The summed E-state index contributed by atoms with van der Waals surface area (Å²) in [6, 6.07) is 44.0. The molecule has 4 heterocycles. The summed E-state index contributed by atoms with van der Waals surface area (Å²) in [5.74, 6) is 1.28. The van der Waals surface area contributed by atoms with Gasteiger partial charge >= 0.3 is 27.9 Å². The Morgan fingerprint density at radius 1 is 0.712 bits per heavy atom. The minimum absolute atomic E-state index is 0. The van der Waals surface area contributed by atoms with Crippen LogP contribution in [0.2, 0.25) is 0 Å². The van der Waals surface area contributed by atoms with Crippen LogP contribution in [-0.2, 0) is 31.9 Å². The number of nitrogens with zero attached hydrogens (tertiary/aromatic N) is 3. The third kappa shape index (κ3) is 5.67. The van der Waals surface area contributed by atoms with Crippen molar-refractivity contribution in [2.24, 2.45) is 4.90 Å². The number of allylic oxidation sites excluding steroid dienone is 1. The minimum Gasteiger partial charge on any atom is -0.503 e. The number of benzene rings is 5. The molecule has 6 heteroatoms. The number of ether oxygens (including phenoxy) is 1. The molecular formula is C46H38BN3OPt. The summed E-state index contributed by atoms with van der Waals surface area (Å²) in [7, 11) is 0. The molecule has 0 spiro atoms. The van der Waals surface area contributed by atoms with Crippen LogP contribution in [0.5, 0.6) is 11.5 Å². The maximum absolute atomic E-state index is 6.78. The number of fused-ring (bicyclic) bond motifs is 8. The van der Waals surface area contributed by atoms with Crippen LogP contribution in [0.3, 0.4) is 0 Å². The van der Waals surface area contributed by atoms with Crippen LogP contribution < -0.4 is 10.2 Å². The first-order valence-electron chi connectivity index (χ1n) is 17.7. The van der Waals surface area contributed by atoms with Crippen LogP contribution in [0.4, 0.5) is 0 Å². The van der Waals surface area contributed by atoms with Crippen LogP contribution in [0.25, 0.3) is 55.3 Å². The van der Waals surface area contributed by atoms with Gasteiger partial charge in [-0.2, -0.15) is 0 Å². The molecule has 0 N–H and O–H groups in total. The Hall–Kier alpha value is -4.99. The normalized spacial score (nSPS) is 13.4. The maximum Gasteiger partial charge on any atom is 2.00 e. The predicted molar refractivity (Wildman–Crippen MR) is 213 cm³/mol. The average molecular weight is 855 g/mol. The molecule has 0 saturated heterocycles. The first-order valence-corrected chi connectivity index (χ1v) is 17.7. The fraction of sp³-hybridized carbons (Fsp3) is 0.174. The molecule has 0 atom stereocenters. The monoisotopic (exact) mass is 854 g/mol. The molecule has 0 amide bonds. The van der Waals surface area contributed by atoms with Gasteiger partial charge in [-0.1, -0.05) is 131 Å². The van der Waals surface area contributed by atoms with E-state index < -0.39 is 0 Å². The first kappa shape index (κ1) is 34.1. The molecule has 0 unspecified atom stereocenters. The zero-order chi connectivity index (χ0) is 35.1. The van der Waals surface area contributed by atoms with Gasteiger partial charge in [0, 0.05) is 35.1 Å². The smallest absolute Gasteiger partial charge is 0.503 e. The molecule has 2 aromatic heterocycles. The van der Waals surface area contributed by atoms with Gasteiger partial charge in [-0.25, -0.2) is 0 Å². The van der Waals surface area contributed by atoms with E-state index in [4.69, 9.17) is 9.64 Å². The fourth-order valence-electron chi connectivity index (χ4n) is 7.71. The molecular weight excluding hydrogens is 816 g/mol. The summed E-state index contributed by atoms with van der Waals surface area (Å²) in [6.45, 7) is 13.3. The molecule has 5 aromatic carbocycles. The Bertz CT molecular complexity index is 2590. The van der Waals surface area contributed by atoms with Crippen molar-refractivity contribution in [1.82, 2.24) is 9.55 Å². The number of pyridine rings is 1. The molecule has 256 valence electrons. The van der Waals surface area contributed by atoms with Crippen molar-refractivity contribution in [3.05, 3.63) is 144 Å². The van der Waals surface area contributed by atoms with Crippen molar-refractivity contribution in [2.45, 2.75) is 52.4 Å². The van der Waals surface area contributed by atoms with Crippen molar-refractivity contribution >= 4 is 45.8 Å². The van der Waals surface area contributed by atoms with E-state index in [1.165, 1.54) is 27.7 Å². The second-order valence-corrected chi connectivity index (χ2v) is 15.7. The van der Waals surface area contributed by atoms with Gasteiger partial charge in [0.25, 0.3) is 0 Å². The molecule has 0 saturated carbocycles. The topological polar surface area (TPSA) is 39.4 Å². The molecule has 2 aliphatic rings. The molecule has 0 radical (unpaired) electrons. The fourth-order valence-corrected chi connectivity index (χ4v) is 7.71.